The Labute approximate surface area is 76.9 Å². The average molecular weight is 202 g/mol. The Morgan fingerprint density at radius 2 is 1.62 bits per heavy atom. The predicted octanol–water partition coefficient (Wildman–Crippen LogP) is 0.537. The van der Waals surface area contributed by atoms with E-state index in [2.05, 4.69) is 16.5 Å². The molecule has 0 atom stereocenters. The highest BCUT2D eigenvalue weighted by molar-refractivity contribution is 7.85. The molecule has 72 valence electrons. The molecule has 0 aromatic carbocycles. The zero-order valence-electron chi connectivity index (χ0n) is 6.87. The van der Waals surface area contributed by atoms with Gasteiger partial charge in [-0.25, -0.2) is 0 Å². The highest BCUT2D eigenvalue weighted by Gasteiger charge is 1.95. The van der Waals surface area contributed by atoms with Gasteiger partial charge in [0.05, 0.1) is 5.75 Å². The molecule has 0 bridgehead atoms. The normalized spacial score (nSPS) is 9.62. The molecule has 5 nitrogen and oxygen atoms in total. The second-order valence-electron chi connectivity index (χ2n) is 1.93. The molecule has 0 aliphatic rings. The summed E-state index contributed by atoms with van der Waals surface area (Å²) in [7, 11) is -3.79. The van der Waals surface area contributed by atoms with Crippen molar-refractivity contribution in [1.29, 1.82) is 0 Å². The van der Waals surface area contributed by atoms with Crippen molar-refractivity contribution in [2.24, 2.45) is 0 Å². The minimum atomic E-state index is -3.79. The summed E-state index contributed by atoms with van der Waals surface area (Å²) in [6.07, 6.45) is 7.68. The molecule has 0 saturated heterocycles. The summed E-state index contributed by atoms with van der Waals surface area (Å²) in [4.78, 5) is 7.44. The lowest BCUT2D eigenvalue weighted by Crippen LogP contribution is -1.99. The summed E-state index contributed by atoms with van der Waals surface area (Å²) in [5.41, 5.74) is 0. The molecule has 1 aromatic heterocycles. The Balaban J connectivity index is 0.000000223. The van der Waals surface area contributed by atoms with Gasteiger partial charge in [0.15, 0.2) is 0 Å². The van der Waals surface area contributed by atoms with Crippen molar-refractivity contribution in [3.8, 4) is 0 Å². The molecule has 0 fully saturated rings. The number of hydrogen-bond donors (Lipinski definition) is 1. The van der Waals surface area contributed by atoms with Crippen molar-refractivity contribution in [3.05, 3.63) is 37.4 Å². The maximum Gasteiger partial charge on any atom is 0.268 e. The molecular weight excluding hydrogens is 192 g/mol. The molecule has 1 aromatic rings. The second kappa shape index (κ2) is 6.27. The molecule has 0 saturated carbocycles. The summed E-state index contributed by atoms with van der Waals surface area (Å²) in [6.45, 7) is 3.11. The van der Waals surface area contributed by atoms with Gasteiger partial charge in [-0.05, 0) is 0 Å². The maximum absolute atomic E-state index is 9.72. The fraction of sp³-hybridized carbons (Fsp3) is 0.143. The topological polar surface area (TPSA) is 80.2 Å². The van der Waals surface area contributed by atoms with Crippen molar-refractivity contribution >= 4 is 10.1 Å². The van der Waals surface area contributed by atoms with Gasteiger partial charge in [-0.2, -0.15) is 8.42 Å². The molecular formula is C7H10N2O3S. The fourth-order valence-electron chi connectivity index (χ4n) is 0.402. The van der Waals surface area contributed by atoms with Gasteiger partial charge < -0.3 is 0 Å². The first-order valence-corrected chi connectivity index (χ1v) is 4.93. The Morgan fingerprint density at radius 1 is 1.23 bits per heavy atom. The molecule has 6 heteroatoms. The molecule has 0 amide bonds. The fourth-order valence-corrected chi connectivity index (χ4v) is 0.700. The lowest BCUT2D eigenvalue weighted by atomic mass is 10.8. The van der Waals surface area contributed by atoms with Crippen LogP contribution in [0.15, 0.2) is 37.4 Å². The van der Waals surface area contributed by atoms with E-state index in [9.17, 15) is 8.42 Å². The third-order valence-corrected chi connectivity index (χ3v) is 1.46. The summed E-state index contributed by atoms with van der Waals surface area (Å²) in [5, 5.41) is 0. The van der Waals surface area contributed by atoms with E-state index in [1.54, 1.807) is 24.8 Å². The molecule has 1 N–H and O–H groups in total. The van der Waals surface area contributed by atoms with E-state index in [-0.39, 0.29) is 5.75 Å². The molecule has 0 radical (unpaired) electrons. The van der Waals surface area contributed by atoms with Gasteiger partial charge in [0.2, 0.25) is 0 Å². The van der Waals surface area contributed by atoms with Crippen LogP contribution >= 0.6 is 0 Å². The molecule has 0 aliphatic carbocycles. The smallest absolute Gasteiger partial charge is 0.268 e. The van der Waals surface area contributed by atoms with Crippen LogP contribution in [-0.4, -0.2) is 28.7 Å². The van der Waals surface area contributed by atoms with Crippen molar-refractivity contribution in [2.45, 2.75) is 0 Å². The van der Waals surface area contributed by atoms with E-state index >= 15 is 0 Å². The van der Waals surface area contributed by atoms with Crippen LogP contribution in [0.25, 0.3) is 0 Å². The Hall–Kier alpha value is -1.27. The van der Waals surface area contributed by atoms with E-state index < -0.39 is 10.1 Å². The predicted molar refractivity (Wildman–Crippen MR) is 48.6 cm³/mol. The first-order chi connectivity index (χ1) is 6.06. The highest BCUT2D eigenvalue weighted by atomic mass is 32.2. The summed E-state index contributed by atoms with van der Waals surface area (Å²) in [6, 6.07) is 0. The number of hydrogen-bond acceptors (Lipinski definition) is 4. The van der Waals surface area contributed by atoms with Gasteiger partial charge in [-0.1, -0.05) is 6.08 Å². The minimum Gasteiger partial charge on any atom is -0.285 e. The van der Waals surface area contributed by atoms with Gasteiger partial charge in [-0.3, -0.25) is 14.5 Å². The van der Waals surface area contributed by atoms with Gasteiger partial charge in [0, 0.05) is 24.8 Å². The minimum absolute atomic E-state index is 0.368. The molecule has 0 unspecified atom stereocenters. The van der Waals surface area contributed by atoms with Crippen molar-refractivity contribution in [1.82, 2.24) is 9.97 Å². The zero-order chi connectivity index (χ0) is 10.2. The van der Waals surface area contributed by atoms with E-state index in [0.717, 1.165) is 6.08 Å². The van der Waals surface area contributed by atoms with E-state index in [4.69, 9.17) is 4.55 Å². The molecule has 13 heavy (non-hydrogen) atoms. The lowest BCUT2D eigenvalue weighted by molar-refractivity contribution is 0.487. The SMILES string of the molecule is C=CCS(=O)(=O)O.c1cnccn1. The first kappa shape index (κ1) is 11.7. The number of nitrogens with zero attached hydrogens (tertiary/aromatic N) is 2. The summed E-state index contributed by atoms with van der Waals surface area (Å²) < 4.78 is 27.3. The van der Waals surface area contributed by atoms with Crippen LogP contribution in [0.3, 0.4) is 0 Å². The highest BCUT2D eigenvalue weighted by Crippen LogP contribution is 1.78. The van der Waals surface area contributed by atoms with Crippen LogP contribution in [0.2, 0.25) is 0 Å². The van der Waals surface area contributed by atoms with Gasteiger partial charge >= 0.3 is 0 Å². The van der Waals surface area contributed by atoms with Crippen LogP contribution in [0.5, 0.6) is 0 Å². The summed E-state index contributed by atoms with van der Waals surface area (Å²) >= 11 is 0. The lowest BCUT2D eigenvalue weighted by Gasteiger charge is -1.82. The molecule has 0 spiro atoms. The second-order valence-corrected chi connectivity index (χ2v) is 3.43. The van der Waals surface area contributed by atoms with Gasteiger partial charge in [0.25, 0.3) is 10.1 Å². The third kappa shape index (κ3) is 10.7. The van der Waals surface area contributed by atoms with Crippen LogP contribution in [0.1, 0.15) is 0 Å². The third-order valence-electron chi connectivity index (χ3n) is 0.806. The Morgan fingerprint density at radius 3 is 1.69 bits per heavy atom. The van der Waals surface area contributed by atoms with E-state index in [0.29, 0.717) is 0 Å². The van der Waals surface area contributed by atoms with Gasteiger partial charge in [0.1, 0.15) is 0 Å². The van der Waals surface area contributed by atoms with Crippen LogP contribution in [-0.2, 0) is 10.1 Å². The zero-order valence-corrected chi connectivity index (χ0v) is 7.68. The molecule has 1 rings (SSSR count). The Bertz CT molecular complexity index is 296. The maximum atomic E-state index is 9.72. The van der Waals surface area contributed by atoms with Gasteiger partial charge in [-0.15, -0.1) is 6.58 Å². The van der Waals surface area contributed by atoms with E-state index in [1.165, 1.54) is 0 Å². The van der Waals surface area contributed by atoms with E-state index in [1.807, 2.05) is 0 Å². The van der Waals surface area contributed by atoms with Crippen LogP contribution < -0.4 is 0 Å². The van der Waals surface area contributed by atoms with Crippen molar-refractivity contribution < 1.29 is 13.0 Å². The first-order valence-electron chi connectivity index (χ1n) is 3.32. The monoisotopic (exact) mass is 202 g/mol. The van der Waals surface area contributed by atoms with Crippen LogP contribution in [0, 0.1) is 0 Å². The van der Waals surface area contributed by atoms with Crippen molar-refractivity contribution in [3.63, 3.8) is 0 Å². The average Bonchev–Trinajstić information content (AvgIpc) is 2.06. The summed E-state index contributed by atoms with van der Waals surface area (Å²) in [5.74, 6) is -0.368. The largest absolute Gasteiger partial charge is 0.285 e. The molecule has 1 heterocycles. The number of rotatable bonds is 2. The standard InChI is InChI=1S/C4H4N2.C3H6O3S/c1-2-6-4-3-5-1;1-2-3-7(4,5)6/h1-4H;2H,1,3H2,(H,4,5,6). The van der Waals surface area contributed by atoms with Crippen molar-refractivity contribution in [2.75, 3.05) is 5.75 Å². The van der Waals surface area contributed by atoms with Crippen LogP contribution in [0.4, 0.5) is 0 Å². The quantitative estimate of drug-likeness (QED) is 0.559. The molecule has 0 aliphatic heterocycles. The Kier molecular flexibility index (Phi) is 5.66. The number of aromatic nitrogens is 2.